The van der Waals surface area contributed by atoms with Crippen molar-refractivity contribution in [3.05, 3.63) is 43.2 Å². The fourth-order valence-electron chi connectivity index (χ4n) is 3.40. The van der Waals surface area contributed by atoms with Gasteiger partial charge in [0.15, 0.2) is 0 Å². The van der Waals surface area contributed by atoms with Crippen molar-refractivity contribution in [2.45, 2.75) is 26.3 Å². The average Bonchev–Trinajstić information content (AvgIpc) is 3.02. The van der Waals surface area contributed by atoms with Crippen LogP contribution < -0.4 is 10.7 Å². The average molecular weight is 463 g/mol. The molecule has 1 fully saturated rings. The number of aromatic carboxylic acids is 1. The number of carboxylic acid groups (broad SMARTS) is 1. The molecule has 5 nitrogen and oxygen atoms in total. The fourth-order valence-corrected chi connectivity index (χ4v) is 3.89. The molecule has 0 aliphatic carbocycles. The van der Waals surface area contributed by atoms with E-state index in [9.17, 15) is 14.7 Å². The van der Waals surface area contributed by atoms with E-state index in [4.69, 9.17) is 0 Å². The number of nitrogens with one attached hydrogen (secondary N) is 1. The quantitative estimate of drug-likeness (QED) is 0.686. The number of rotatable bonds is 4. The Morgan fingerprint density at radius 1 is 1.46 bits per heavy atom. The summed E-state index contributed by atoms with van der Waals surface area (Å²) in [5, 5.41) is 13.4. The first kappa shape index (κ1) is 19.2. The zero-order valence-electron chi connectivity index (χ0n) is 13.3. The number of aromatic nitrogens is 1. The van der Waals surface area contributed by atoms with Crippen LogP contribution in [0, 0.1) is 9.49 Å². The maximum Gasteiger partial charge on any atom is 0.341 e. The van der Waals surface area contributed by atoms with Gasteiger partial charge < -0.3 is 15.0 Å². The number of carbonyl (C=O) groups is 1. The van der Waals surface area contributed by atoms with Crippen molar-refractivity contribution in [1.29, 1.82) is 0 Å². The Balaban J connectivity index is 0.00000208. The molecule has 3 rings (SSSR count). The Morgan fingerprint density at radius 3 is 2.79 bits per heavy atom. The van der Waals surface area contributed by atoms with Crippen LogP contribution in [0.25, 0.3) is 10.9 Å². The van der Waals surface area contributed by atoms with Crippen molar-refractivity contribution in [3.8, 4) is 0 Å². The van der Waals surface area contributed by atoms with Gasteiger partial charge in [-0.15, -0.1) is 12.4 Å². The van der Waals surface area contributed by atoms with Gasteiger partial charge in [-0.1, -0.05) is 6.92 Å². The van der Waals surface area contributed by atoms with Crippen molar-refractivity contribution in [1.82, 2.24) is 9.88 Å². The molecule has 1 atom stereocenters. The third-order valence-corrected chi connectivity index (χ3v) is 5.16. The summed E-state index contributed by atoms with van der Waals surface area (Å²) in [5.74, 6) is -0.669. The molecule has 2 heterocycles. The summed E-state index contributed by atoms with van der Waals surface area (Å²) in [5.41, 5.74) is 1.02. The van der Waals surface area contributed by atoms with Crippen LogP contribution in [0.2, 0.25) is 0 Å². The standard InChI is InChI=1S/C17H19IN2O3.ClH/c1-2-13-15(17(22)23)16(21)12-7-11(18)3-4-14(12)20(13)9-10-5-6-19-8-10;/h3-4,7,10,19H,2,5-6,8-9H2,1H3,(H,22,23);1H/t10-;/m1./s1. The lowest BCUT2D eigenvalue weighted by Gasteiger charge is -2.21. The van der Waals surface area contributed by atoms with Gasteiger partial charge in [0.05, 0.1) is 5.52 Å². The monoisotopic (exact) mass is 462 g/mol. The predicted octanol–water partition coefficient (Wildman–Crippen LogP) is 2.90. The minimum atomic E-state index is -1.13. The van der Waals surface area contributed by atoms with Gasteiger partial charge >= 0.3 is 5.97 Å². The van der Waals surface area contributed by atoms with Crippen molar-refractivity contribution < 1.29 is 9.90 Å². The highest BCUT2D eigenvalue weighted by atomic mass is 127. The molecular weight excluding hydrogens is 443 g/mol. The molecule has 2 aromatic rings. The molecule has 0 amide bonds. The highest BCUT2D eigenvalue weighted by Crippen LogP contribution is 2.22. The number of halogens is 2. The summed E-state index contributed by atoms with van der Waals surface area (Å²) < 4.78 is 2.98. The summed E-state index contributed by atoms with van der Waals surface area (Å²) in [7, 11) is 0. The number of carboxylic acids is 1. The molecule has 0 unspecified atom stereocenters. The van der Waals surface area contributed by atoms with E-state index in [1.54, 1.807) is 6.07 Å². The summed E-state index contributed by atoms with van der Waals surface area (Å²) in [6.45, 7) is 4.58. The summed E-state index contributed by atoms with van der Waals surface area (Å²) in [6.07, 6.45) is 1.60. The van der Waals surface area contributed by atoms with E-state index in [2.05, 4.69) is 27.9 Å². The molecule has 0 bridgehead atoms. The molecule has 1 saturated heterocycles. The molecular formula is C17H20ClIN2O3. The third kappa shape index (κ3) is 3.45. The van der Waals surface area contributed by atoms with Crippen LogP contribution in [-0.2, 0) is 13.0 Å². The van der Waals surface area contributed by atoms with Crippen molar-refractivity contribution in [3.63, 3.8) is 0 Å². The zero-order valence-corrected chi connectivity index (χ0v) is 16.3. The Morgan fingerprint density at radius 2 is 2.21 bits per heavy atom. The number of fused-ring (bicyclic) bond motifs is 1. The molecule has 0 radical (unpaired) electrons. The number of benzene rings is 1. The van der Waals surface area contributed by atoms with Crippen LogP contribution in [-0.4, -0.2) is 28.7 Å². The first-order valence-corrected chi connectivity index (χ1v) is 8.89. The van der Waals surface area contributed by atoms with Crippen LogP contribution in [0.3, 0.4) is 0 Å². The molecule has 2 N–H and O–H groups in total. The van der Waals surface area contributed by atoms with E-state index in [0.29, 0.717) is 23.4 Å². The molecule has 7 heteroatoms. The second kappa shape index (κ2) is 7.84. The highest BCUT2D eigenvalue weighted by Gasteiger charge is 2.23. The van der Waals surface area contributed by atoms with Crippen molar-refractivity contribution in [2.75, 3.05) is 13.1 Å². The van der Waals surface area contributed by atoms with E-state index in [1.807, 2.05) is 23.6 Å². The molecule has 1 aromatic carbocycles. The van der Waals surface area contributed by atoms with Gasteiger partial charge in [-0.05, 0) is 72.6 Å². The zero-order chi connectivity index (χ0) is 16.6. The first-order chi connectivity index (χ1) is 11.0. The lowest BCUT2D eigenvalue weighted by atomic mass is 10.0. The summed E-state index contributed by atoms with van der Waals surface area (Å²) >= 11 is 2.15. The Hall–Kier alpha value is -1.12. The molecule has 1 aromatic heterocycles. The first-order valence-electron chi connectivity index (χ1n) is 7.81. The maximum atomic E-state index is 12.7. The lowest BCUT2D eigenvalue weighted by molar-refractivity contribution is 0.0693. The molecule has 0 saturated carbocycles. The van der Waals surface area contributed by atoms with Gasteiger partial charge in [0.2, 0.25) is 5.43 Å². The smallest absolute Gasteiger partial charge is 0.341 e. The second-order valence-corrected chi connectivity index (χ2v) is 7.19. The van der Waals surface area contributed by atoms with Crippen LogP contribution in [0.1, 0.15) is 29.4 Å². The van der Waals surface area contributed by atoms with E-state index >= 15 is 0 Å². The third-order valence-electron chi connectivity index (χ3n) is 4.49. The van der Waals surface area contributed by atoms with Gasteiger partial charge in [0.1, 0.15) is 5.56 Å². The van der Waals surface area contributed by atoms with Gasteiger partial charge in [0.25, 0.3) is 0 Å². The Labute approximate surface area is 160 Å². The molecule has 1 aliphatic heterocycles. The summed E-state index contributed by atoms with van der Waals surface area (Å²) in [6, 6.07) is 5.69. The van der Waals surface area contributed by atoms with Gasteiger partial charge in [0, 0.05) is 21.2 Å². The minimum Gasteiger partial charge on any atom is -0.477 e. The van der Waals surface area contributed by atoms with E-state index < -0.39 is 5.97 Å². The SMILES string of the molecule is CCc1c(C(=O)O)c(=O)c2cc(I)ccc2n1C[C@@H]1CCNC1.Cl. The second-order valence-electron chi connectivity index (χ2n) is 5.94. The van der Waals surface area contributed by atoms with Crippen LogP contribution in [0.4, 0.5) is 0 Å². The molecule has 24 heavy (non-hydrogen) atoms. The number of pyridine rings is 1. The van der Waals surface area contributed by atoms with Crippen LogP contribution >= 0.6 is 35.0 Å². The van der Waals surface area contributed by atoms with Crippen molar-refractivity contribution >= 4 is 51.9 Å². The lowest BCUT2D eigenvalue weighted by Crippen LogP contribution is -2.26. The van der Waals surface area contributed by atoms with Crippen LogP contribution in [0.5, 0.6) is 0 Å². The molecule has 1 aliphatic rings. The predicted molar refractivity (Wildman–Crippen MR) is 105 cm³/mol. The number of nitrogens with zero attached hydrogens (tertiary/aromatic N) is 1. The topological polar surface area (TPSA) is 71.3 Å². The van der Waals surface area contributed by atoms with E-state index in [0.717, 1.165) is 35.1 Å². The summed E-state index contributed by atoms with van der Waals surface area (Å²) in [4.78, 5) is 24.4. The van der Waals surface area contributed by atoms with Gasteiger partial charge in [-0.2, -0.15) is 0 Å². The largest absolute Gasteiger partial charge is 0.477 e. The minimum absolute atomic E-state index is 0. The van der Waals surface area contributed by atoms with E-state index in [-0.39, 0.29) is 23.4 Å². The van der Waals surface area contributed by atoms with Crippen molar-refractivity contribution in [2.24, 2.45) is 5.92 Å². The number of hydrogen-bond acceptors (Lipinski definition) is 3. The fraction of sp³-hybridized carbons (Fsp3) is 0.412. The van der Waals surface area contributed by atoms with E-state index in [1.165, 1.54) is 0 Å². The number of hydrogen-bond donors (Lipinski definition) is 2. The molecule has 130 valence electrons. The van der Waals surface area contributed by atoms with Gasteiger partial charge in [-0.25, -0.2) is 4.79 Å². The van der Waals surface area contributed by atoms with Gasteiger partial charge in [-0.3, -0.25) is 4.79 Å². The highest BCUT2D eigenvalue weighted by molar-refractivity contribution is 14.1. The molecule has 0 spiro atoms. The normalized spacial score (nSPS) is 17.0. The van der Waals surface area contributed by atoms with Crippen LogP contribution in [0.15, 0.2) is 23.0 Å². The maximum absolute atomic E-state index is 12.7. The Bertz CT molecular complexity index is 829. The Kier molecular flexibility index (Phi) is 6.28.